The van der Waals surface area contributed by atoms with Crippen LogP contribution >= 0.6 is 0 Å². The van der Waals surface area contributed by atoms with E-state index < -0.39 is 0 Å². The fourth-order valence-corrected chi connectivity index (χ4v) is 2.78. The molecule has 0 aromatic heterocycles. The highest BCUT2D eigenvalue weighted by atomic mass is 14.9. The number of rotatable bonds is 7. The number of hydrogen-bond donors (Lipinski definition) is 1. The molecule has 1 nitrogen and oxygen atoms in total. The number of benzene rings is 2. The fraction of sp³-hybridized carbons (Fsp3) is 0.400. The topological polar surface area (TPSA) is 12.0 Å². The van der Waals surface area contributed by atoms with E-state index in [0.29, 0.717) is 12.1 Å². The second-order valence-electron chi connectivity index (χ2n) is 5.91. The van der Waals surface area contributed by atoms with Gasteiger partial charge < -0.3 is 5.32 Å². The van der Waals surface area contributed by atoms with Crippen LogP contribution in [0.4, 0.5) is 0 Å². The lowest BCUT2D eigenvalue weighted by atomic mass is 9.98. The van der Waals surface area contributed by atoms with Crippen LogP contribution in [-0.2, 0) is 0 Å². The molecule has 1 heteroatoms. The third-order valence-corrected chi connectivity index (χ3v) is 4.04. The van der Waals surface area contributed by atoms with E-state index in [4.69, 9.17) is 0 Å². The summed E-state index contributed by atoms with van der Waals surface area (Å²) in [5.41, 5.74) is 4.09. The molecule has 0 fully saturated rings. The molecule has 0 amide bonds. The minimum absolute atomic E-state index is 0.368. The van der Waals surface area contributed by atoms with Crippen LogP contribution in [-0.4, -0.2) is 0 Å². The summed E-state index contributed by atoms with van der Waals surface area (Å²) >= 11 is 0. The quantitative estimate of drug-likeness (QED) is 0.699. The van der Waals surface area contributed by atoms with Crippen LogP contribution in [0.3, 0.4) is 0 Å². The highest BCUT2D eigenvalue weighted by molar-refractivity contribution is 5.26. The zero-order chi connectivity index (χ0) is 15.1. The molecule has 0 bridgehead atoms. The molecule has 0 aliphatic heterocycles. The normalized spacial score (nSPS) is 13.9. The molecule has 0 aliphatic rings. The largest absolute Gasteiger partial charge is 0.303 e. The van der Waals surface area contributed by atoms with Crippen molar-refractivity contribution in [2.24, 2.45) is 0 Å². The molecule has 2 aromatic carbocycles. The summed E-state index contributed by atoms with van der Waals surface area (Å²) in [6, 6.07) is 20.4. The van der Waals surface area contributed by atoms with Crippen LogP contribution in [0.1, 0.15) is 61.9 Å². The van der Waals surface area contributed by atoms with Gasteiger partial charge in [0.05, 0.1) is 0 Å². The van der Waals surface area contributed by atoms with Crippen molar-refractivity contribution < 1.29 is 0 Å². The minimum atomic E-state index is 0.368. The molecule has 21 heavy (non-hydrogen) atoms. The zero-order valence-electron chi connectivity index (χ0n) is 13.5. The van der Waals surface area contributed by atoms with Crippen molar-refractivity contribution in [3.8, 4) is 0 Å². The summed E-state index contributed by atoms with van der Waals surface area (Å²) in [6.45, 7) is 6.67. The van der Waals surface area contributed by atoms with Gasteiger partial charge >= 0.3 is 0 Å². The fourth-order valence-electron chi connectivity index (χ4n) is 2.78. The van der Waals surface area contributed by atoms with Crippen LogP contribution in [0.2, 0.25) is 0 Å². The lowest BCUT2D eigenvalue weighted by molar-refractivity contribution is 0.431. The van der Waals surface area contributed by atoms with Crippen molar-refractivity contribution in [1.29, 1.82) is 0 Å². The van der Waals surface area contributed by atoms with Crippen molar-refractivity contribution in [3.63, 3.8) is 0 Å². The van der Waals surface area contributed by atoms with Gasteiger partial charge in [-0.2, -0.15) is 0 Å². The first-order valence-corrected chi connectivity index (χ1v) is 8.08. The van der Waals surface area contributed by atoms with Crippen LogP contribution in [0.25, 0.3) is 0 Å². The average molecular weight is 281 g/mol. The molecule has 0 radical (unpaired) electrons. The van der Waals surface area contributed by atoms with Gasteiger partial charge in [-0.3, -0.25) is 0 Å². The Morgan fingerprint density at radius 1 is 0.952 bits per heavy atom. The molecule has 0 saturated carbocycles. The number of aryl methyl sites for hydroxylation is 1. The molecule has 112 valence electrons. The maximum atomic E-state index is 3.81. The Kier molecular flexibility index (Phi) is 6.01. The predicted molar refractivity (Wildman–Crippen MR) is 91.4 cm³/mol. The summed E-state index contributed by atoms with van der Waals surface area (Å²) in [7, 11) is 0. The van der Waals surface area contributed by atoms with E-state index in [1.807, 2.05) is 0 Å². The average Bonchev–Trinajstić information content (AvgIpc) is 2.52. The van der Waals surface area contributed by atoms with Gasteiger partial charge in [-0.15, -0.1) is 0 Å². The number of hydrogen-bond acceptors (Lipinski definition) is 1. The monoisotopic (exact) mass is 281 g/mol. The van der Waals surface area contributed by atoms with Crippen LogP contribution in [0.15, 0.2) is 54.6 Å². The Morgan fingerprint density at radius 3 is 2.33 bits per heavy atom. The van der Waals surface area contributed by atoms with E-state index in [9.17, 15) is 0 Å². The molecular weight excluding hydrogens is 254 g/mol. The second-order valence-corrected chi connectivity index (χ2v) is 5.91. The molecule has 1 N–H and O–H groups in total. The molecule has 0 saturated heterocycles. The first kappa shape index (κ1) is 15.8. The molecule has 0 heterocycles. The zero-order valence-corrected chi connectivity index (χ0v) is 13.5. The summed E-state index contributed by atoms with van der Waals surface area (Å²) in [5, 5.41) is 3.81. The van der Waals surface area contributed by atoms with Gasteiger partial charge in [-0.25, -0.2) is 0 Å². The van der Waals surface area contributed by atoms with Crippen molar-refractivity contribution in [3.05, 3.63) is 71.3 Å². The van der Waals surface area contributed by atoms with Crippen molar-refractivity contribution >= 4 is 0 Å². The highest BCUT2D eigenvalue weighted by Gasteiger charge is 2.14. The second kappa shape index (κ2) is 7.99. The molecule has 0 aliphatic carbocycles. The van der Waals surface area contributed by atoms with E-state index in [1.165, 1.54) is 36.0 Å². The molecular formula is C20H27N. The van der Waals surface area contributed by atoms with E-state index in [1.54, 1.807) is 0 Å². The lowest BCUT2D eigenvalue weighted by Crippen LogP contribution is -2.24. The summed E-state index contributed by atoms with van der Waals surface area (Å²) in [5.74, 6) is 0. The van der Waals surface area contributed by atoms with Gasteiger partial charge in [0.15, 0.2) is 0 Å². The summed E-state index contributed by atoms with van der Waals surface area (Å²) in [6.07, 6.45) is 3.69. The van der Waals surface area contributed by atoms with E-state index >= 15 is 0 Å². The van der Waals surface area contributed by atoms with Gasteiger partial charge in [-0.05, 0) is 31.4 Å². The van der Waals surface area contributed by atoms with Crippen LogP contribution in [0.5, 0.6) is 0 Å². The standard InChI is InChI=1S/C20H27N/c1-4-5-14-20(18-11-7-6-8-12-18)21-17(3)19-13-9-10-16(2)15-19/h6-13,15,17,20-21H,4-5,14H2,1-3H3/t17-,20?/m0/s1. The minimum Gasteiger partial charge on any atom is -0.303 e. The molecule has 2 aromatic rings. The first-order valence-electron chi connectivity index (χ1n) is 8.08. The van der Waals surface area contributed by atoms with E-state index in [-0.39, 0.29) is 0 Å². The van der Waals surface area contributed by atoms with Gasteiger partial charge in [0, 0.05) is 12.1 Å². The van der Waals surface area contributed by atoms with Crippen molar-refractivity contribution in [2.75, 3.05) is 0 Å². The first-order chi connectivity index (χ1) is 10.2. The van der Waals surface area contributed by atoms with Crippen molar-refractivity contribution in [2.45, 2.75) is 52.1 Å². The lowest BCUT2D eigenvalue weighted by Gasteiger charge is -2.24. The van der Waals surface area contributed by atoms with E-state index in [2.05, 4.69) is 80.7 Å². The SMILES string of the molecule is CCCCC(N[C@@H](C)c1cccc(C)c1)c1ccccc1. The maximum absolute atomic E-state index is 3.81. The molecule has 1 unspecified atom stereocenters. The Labute approximate surface area is 129 Å². The Balaban J connectivity index is 2.11. The Bertz CT molecular complexity index is 533. The third-order valence-electron chi connectivity index (χ3n) is 4.04. The number of unbranched alkanes of at least 4 members (excludes halogenated alkanes) is 1. The Morgan fingerprint density at radius 2 is 1.67 bits per heavy atom. The van der Waals surface area contributed by atoms with Crippen LogP contribution < -0.4 is 5.32 Å². The Hall–Kier alpha value is -1.60. The van der Waals surface area contributed by atoms with Crippen molar-refractivity contribution in [1.82, 2.24) is 5.32 Å². The maximum Gasteiger partial charge on any atom is 0.0325 e. The van der Waals surface area contributed by atoms with E-state index in [0.717, 1.165) is 0 Å². The third kappa shape index (κ3) is 4.71. The molecule has 2 rings (SSSR count). The summed E-state index contributed by atoms with van der Waals surface area (Å²) in [4.78, 5) is 0. The van der Waals surface area contributed by atoms with Gasteiger partial charge in [-0.1, -0.05) is 79.9 Å². The molecule has 2 atom stereocenters. The van der Waals surface area contributed by atoms with Gasteiger partial charge in [0.25, 0.3) is 0 Å². The highest BCUT2D eigenvalue weighted by Crippen LogP contribution is 2.24. The van der Waals surface area contributed by atoms with Crippen LogP contribution in [0, 0.1) is 6.92 Å². The smallest absolute Gasteiger partial charge is 0.0325 e. The molecule has 0 spiro atoms. The summed E-state index contributed by atoms with van der Waals surface area (Å²) < 4.78 is 0. The van der Waals surface area contributed by atoms with Gasteiger partial charge in [0.2, 0.25) is 0 Å². The number of nitrogens with one attached hydrogen (secondary N) is 1. The van der Waals surface area contributed by atoms with Gasteiger partial charge in [0.1, 0.15) is 0 Å². The predicted octanol–water partition coefficient (Wildman–Crippen LogP) is 5.58.